The second-order valence-corrected chi connectivity index (χ2v) is 7.83. The molecule has 1 aromatic carbocycles. The number of rotatable bonds is 4. The van der Waals surface area contributed by atoms with Crippen molar-refractivity contribution < 1.29 is 8.42 Å². The summed E-state index contributed by atoms with van der Waals surface area (Å²) in [6.07, 6.45) is 7.61. The first-order valence-corrected chi connectivity index (χ1v) is 9.70. The van der Waals surface area contributed by atoms with Crippen molar-refractivity contribution in [1.29, 1.82) is 0 Å². The maximum Gasteiger partial charge on any atom is 0.263 e. The van der Waals surface area contributed by atoms with E-state index >= 15 is 0 Å². The number of nitrogens with zero attached hydrogens (tertiary/aromatic N) is 2. The van der Waals surface area contributed by atoms with Crippen LogP contribution in [0.4, 0.5) is 5.82 Å². The molecule has 25 heavy (non-hydrogen) atoms. The zero-order valence-electron chi connectivity index (χ0n) is 13.6. The van der Waals surface area contributed by atoms with Crippen LogP contribution < -0.4 is 4.72 Å². The lowest BCUT2D eigenvalue weighted by Crippen LogP contribution is -2.14. The number of aromatic nitrogens is 3. The molecule has 0 saturated carbocycles. The molecule has 0 fully saturated rings. The first kappa shape index (κ1) is 15.8. The Balaban J connectivity index is 1.59. The van der Waals surface area contributed by atoms with Gasteiger partial charge in [-0.25, -0.2) is 8.42 Å². The van der Waals surface area contributed by atoms with Crippen molar-refractivity contribution in [2.45, 2.75) is 30.6 Å². The normalized spacial score (nSPS) is 14.1. The fraction of sp³-hybridized carbons (Fsp3) is 0.222. The zero-order valence-corrected chi connectivity index (χ0v) is 14.4. The maximum absolute atomic E-state index is 12.7. The number of hydrogen-bond donors (Lipinski definition) is 2. The molecular formula is C18H18N4O2S. The highest BCUT2D eigenvalue weighted by molar-refractivity contribution is 7.92. The molecule has 0 radical (unpaired) electrons. The summed E-state index contributed by atoms with van der Waals surface area (Å²) in [7, 11) is -3.66. The number of benzene rings is 1. The highest BCUT2D eigenvalue weighted by atomic mass is 32.2. The molecule has 0 atom stereocenters. The van der Waals surface area contributed by atoms with Crippen LogP contribution in [0, 0.1) is 0 Å². The molecule has 2 N–H and O–H groups in total. The Morgan fingerprint density at radius 1 is 1.04 bits per heavy atom. The fourth-order valence-electron chi connectivity index (χ4n) is 3.12. The monoisotopic (exact) mass is 354 g/mol. The molecule has 1 aliphatic carbocycles. The van der Waals surface area contributed by atoms with Gasteiger partial charge in [-0.2, -0.15) is 5.10 Å². The molecule has 0 bridgehead atoms. The summed E-state index contributed by atoms with van der Waals surface area (Å²) in [5.74, 6) is 0.261. The van der Waals surface area contributed by atoms with Crippen LogP contribution in [0.25, 0.3) is 11.3 Å². The highest BCUT2D eigenvalue weighted by Gasteiger charge is 2.19. The highest BCUT2D eigenvalue weighted by Crippen LogP contribution is 2.26. The molecule has 0 amide bonds. The van der Waals surface area contributed by atoms with Crippen LogP contribution in [0.2, 0.25) is 0 Å². The Morgan fingerprint density at radius 2 is 1.88 bits per heavy atom. The number of hydrogen-bond acceptors (Lipinski definition) is 4. The van der Waals surface area contributed by atoms with Crippen molar-refractivity contribution in [1.82, 2.24) is 15.2 Å². The van der Waals surface area contributed by atoms with Crippen molar-refractivity contribution in [3.05, 3.63) is 59.9 Å². The quantitative estimate of drug-likeness (QED) is 0.753. The third-order valence-corrected chi connectivity index (χ3v) is 5.77. The molecule has 7 heteroatoms. The molecule has 0 spiro atoms. The van der Waals surface area contributed by atoms with Gasteiger partial charge >= 0.3 is 0 Å². The van der Waals surface area contributed by atoms with E-state index in [1.54, 1.807) is 30.6 Å². The van der Waals surface area contributed by atoms with Gasteiger partial charge in [0.2, 0.25) is 0 Å². The van der Waals surface area contributed by atoms with Gasteiger partial charge in [-0.05, 0) is 61.1 Å². The summed E-state index contributed by atoms with van der Waals surface area (Å²) in [5.41, 5.74) is 3.93. The van der Waals surface area contributed by atoms with E-state index in [9.17, 15) is 8.42 Å². The number of sulfonamides is 1. The summed E-state index contributed by atoms with van der Waals surface area (Å²) in [6, 6.07) is 10.7. The molecule has 128 valence electrons. The summed E-state index contributed by atoms with van der Waals surface area (Å²) >= 11 is 0. The Kier molecular flexibility index (Phi) is 4.01. The van der Waals surface area contributed by atoms with E-state index < -0.39 is 10.0 Å². The minimum atomic E-state index is -3.66. The first-order valence-electron chi connectivity index (χ1n) is 8.22. The standard InChI is InChI=1S/C18H18N4O2S/c23-25(24,16-8-7-13-4-1-2-5-14(13)10-16)22-18-11-17(20-21-18)15-6-3-9-19-12-15/h3,6-12H,1-2,4-5H2,(H2,20,21,22). The van der Waals surface area contributed by atoms with Gasteiger partial charge in [-0.1, -0.05) is 6.07 Å². The second-order valence-electron chi connectivity index (χ2n) is 6.15. The third-order valence-electron chi connectivity index (χ3n) is 4.42. The van der Waals surface area contributed by atoms with Crippen LogP contribution in [0.1, 0.15) is 24.0 Å². The molecule has 0 saturated heterocycles. The molecule has 4 rings (SSSR count). The molecule has 3 aromatic rings. The summed E-state index contributed by atoms with van der Waals surface area (Å²) < 4.78 is 27.9. The van der Waals surface area contributed by atoms with Crippen molar-refractivity contribution in [3.63, 3.8) is 0 Å². The SMILES string of the molecule is O=S(=O)(Nc1cc(-c2cccnc2)[nH]n1)c1ccc2c(c1)CCCC2. The topological polar surface area (TPSA) is 87.7 Å². The zero-order chi connectivity index (χ0) is 17.3. The average molecular weight is 354 g/mol. The Bertz CT molecular complexity index is 997. The molecule has 2 aromatic heterocycles. The Hall–Kier alpha value is -2.67. The lowest BCUT2D eigenvalue weighted by molar-refractivity contribution is 0.600. The predicted molar refractivity (Wildman–Crippen MR) is 95.7 cm³/mol. The molecule has 6 nitrogen and oxygen atoms in total. The van der Waals surface area contributed by atoms with Crippen LogP contribution >= 0.6 is 0 Å². The Labute approximate surface area is 146 Å². The number of aryl methyl sites for hydroxylation is 2. The molecule has 2 heterocycles. The van der Waals surface area contributed by atoms with Crippen molar-refractivity contribution >= 4 is 15.8 Å². The van der Waals surface area contributed by atoms with Crippen molar-refractivity contribution in [2.24, 2.45) is 0 Å². The average Bonchev–Trinajstić information content (AvgIpc) is 3.10. The minimum absolute atomic E-state index is 0.261. The minimum Gasteiger partial charge on any atom is -0.276 e. The van der Waals surface area contributed by atoms with Gasteiger partial charge in [0.15, 0.2) is 5.82 Å². The van der Waals surface area contributed by atoms with Gasteiger partial charge in [0.25, 0.3) is 10.0 Å². The van der Waals surface area contributed by atoms with Crippen LogP contribution in [-0.2, 0) is 22.9 Å². The second kappa shape index (κ2) is 6.33. The van der Waals surface area contributed by atoms with Gasteiger partial charge in [-0.3, -0.25) is 14.8 Å². The van der Waals surface area contributed by atoms with Crippen LogP contribution in [0.15, 0.2) is 53.7 Å². The van der Waals surface area contributed by atoms with E-state index in [1.807, 2.05) is 18.2 Å². The molecular weight excluding hydrogens is 336 g/mol. The number of pyridine rings is 1. The lowest BCUT2D eigenvalue weighted by atomic mass is 9.92. The van der Waals surface area contributed by atoms with Gasteiger partial charge in [0, 0.05) is 24.0 Å². The third kappa shape index (κ3) is 3.28. The number of nitrogens with one attached hydrogen (secondary N) is 2. The summed E-state index contributed by atoms with van der Waals surface area (Å²) in [4.78, 5) is 4.32. The summed E-state index contributed by atoms with van der Waals surface area (Å²) in [5, 5.41) is 6.88. The molecule has 1 aliphatic rings. The smallest absolute Gasteiger partial charge is 0.263 e. The van der Waals surface area contributed by atoms with Crippen molar-refractivity contribution in [2.75, 3.05) is 4.72 Å². The largest absolute Gasteiger partial charge is 0.276 e. The van der Waals surface area contributed by atoms with Crippen LogP contribution in [-0.4, -0.2) is 23.6 Å². The maximum atomic E-state index is 12.7. The van der Waals surface area contributed by atoms with Crippen LogP contribution in [0.3, 0.4) is 0 Å². The Morgan fingerprint density at radius 3 is 2.68 bits per heavy atom. The van der Waals surface area contributed by atoms with Crippen LogP contribution in [0.5, 0.6) is 0 Å². The van der Waals surface area contributed by atoms with E-state index in [0.717, 1.165) is 30.4 Å². The van der Waals surface area contributed by atoms with Gasteiger partial charge < -0.3 is 0 Å². The van der Waals surface area contributed by atoms with E-state index in [0.29, 0.717) is 5.69 Å². The van der Waals surface area contributed by atoms with Gasteiger partial charge in [0.05, 0.1) is 10.6 Å². The number of H-pyrrole nitrogens is 1. The predicted octanol–water partition coefficient (Wildman–Crippen LogP) is 3.15. The van der Waals surface area contributed by atoms with E-state index in [2.05, 4.69) is 19.9 Å². The molecule has 0 unspecified atom stereocenters. The van der Waals surface area contributed by atoms with E-state index in [1.165, 1.54) is 12.0 Å². The lowest BCUT2D eigenvalue weighted by Gasteiger charge is -2.16. The molecule has 0 aliphatic heterocycles. The van der Waals surface area contributed by atoms with E-state index in [4.69, 9.17) is 0 Å². The number of anilines is 1. The summed E-state index contributed by atoms with van der Waals surface area (Å²) in [6.45, 7) is 0. The first-order chi connectivity index (χ1) is 12.1. The van der Waals surface area contributed by atoms with E-state index in [-0.39, 0.29) is 10.7 Å². The number of aromatic amines is 1. The van der Waals surface area contributed by atoms with Gasteiger partial charge in [-0.15, -0.1) is 0 Å². The number of fused-ring (bicyclic) bond motifs is 1. The fourth-order valence-corrected chi connectivity index (χ4v) is 4.16. The van der Waals surface area contributed by atoms with Gasteiger partial charge in [0.1, 0.15) is 0 Å². The van der Waals surface area contributed by atoms with Crippen molar-refractivity contribution in [3.8, 4) is 11.3 Å².